The zero-order chi connectivity index (χ0) is 19.2. The second kappa shape index (κ2) is 13.6. The fraction of sp³-hybridized carbons (Fsp3) is 0.733. The fourth-order valence-electron chi connectivity index (χ4n) is 2.05. The maximum atomic E-state index is 12.0. The number of carbonyl (C=O) groups excluding carboxylic acids is 4. The van der Waals surface area contributed by atoms with E-state index in [2.05, 4.69) is 33.9 Å². The van der Waals surface area contributed by atoms with E-state index in [-0.39, 0.29) is 36.6 Å². The lowest BCUT2D eigenvalue weighted by Gasteiger charge is -2.17. The van der Waals surface area contributed by atoms with Gasteiger partial charge in [0.1, 0.15) is 11.8 Å². The summed E-state index contributed by atoms with van der Waals surface area (Å²) in [5.74, 6) is -1.06. The van der Waals surface area contributed by atoms with E-state index in [1.165, 1.54) is 0 Å². The van der Waals surface area contributed by atoms with E-state index in [9.17, 15) is 19.2 Å². The predicted octanol–water partition coefficient (Wildman–Crippen LogP) is -2.06. The molecular weight excluding hydrogens is 346 g/mol. The van der Waals surface area contributed by atoms with Crippen LogP contribution in [0.4, 0.5) is 0 Å². The van der Waals surface area contributed by atoms with E-state index in [1.54, 1.807) is 14.0 Å². The molecule has 0 heterocycles. The van der Waals surface area contributed by atoms with Gasteiger partial charge in [0.05, 0.1) is 19.1 Å². The van der Waals surface area contributed by atoms with Crippen molar-refractivity contribution in [2.45, 2.75) is 38.3 Å². The number of rotatable bonds is 13. The molecule has 0 radical (unpaired) electrons. The molecule has 0 fully saturated rings. The fourth-order valence-corrected chi connectivity index (χ4v) is 2.31. The van der Waals surface area contributed by atoms with Gasteiger partial charge in [-0.05, 0) is 33.2 Å². The molecule has 9 nitrogen and oxygen atoms in total. The third kappa shape index (κ3) is 10.7. The summed E-state index contributed by atoms with van der Waals surface area (Å²) in [6, 6.07) is -0.947. The highest BCUT2D eigenvalue weighted by Crippen LogP contribution is 2.01. The van der Waals surface area contributed by atoms with Crippen LogP contribution in [0.25, 0.3) is 0 Å². The summed E-state index contributed by atoms with van der Waals surface area (Å²) in [7, 11) is 1.74. The van der Waals surface area contributed by atoms with Crippen molar-refractivity contribution in [2.24, 2.45) is 5.73 Å². The summed E-state index contributed by atoms with van der Waals surface area (Å²) in [4.78, 5) is 45.9. The maximum Gasteiger partial charge on any atom is 0.243 e. The molecule has 0 aliphatic carbocycles. The van der Waals surface area contributed by atoms with Gasteiger partial charge in [-0.1, -0.05) is 0 Å². The number of Topliss-reactive ketones (excluding diaryl/α,β-unsaturated/α-hetero) is 1. The molecule has 144 valence electrons. The number of ketones is 1. The van der Waals surface area contributed by atoms with Crippen molar-refractivity contribution in [3.63, 3.8) is 0 Å². The molecule has 0 aromatic carbocycles. The minimum Gasteiger partial charge on any atom is -0.354 e. The van der Waals surface area contributed by atoms with Gasteiger partial charge in [0, 0.05) is 12.3 Å². The summed E-state index contributed by atoms with van der Waals surface area (Å²) in [5.41, 5.74) is 5.11. The Hall–Kier alpha value is -1.65. The summed E-state index contributed by atoms with van der Waals surface area (Å²) in [6.45, 7) is 1.53. The van der Waals surface area contributed by atoms with Gasteiger partial charge >= 0.3 is 0 Å². The summed E-state index contributed by atoms with van der Waals surface area (Å²) in [6.07, 6.45) is 2.21. The number of hydrogen-bond acceptors (Lipinski definition) is 7. The lowest BCUT2D eigenvalue weighted by molar-refractivity contribution is -0.129. The predicted molar refractivity (Wildman–Crippen MR) is 98.2 cm³/mol. The van der Waals surface area contributed by atoms with Crippen LogP contribution in [0.5, 0.6) is 0 Å². The van der Waals surface area contributed by atoms with Crippen molar-refractivity contribution in [2.75, 3.05) is 32.4 Å². The van der Waals surface area contributed by atoms with Gasteiger partial charge in [0.15, 0.2) is 0 Å². The highest BCUT2D eigenvalue weighted by molar-refractivity contribution is 7.80. The molecule has 25 heavy (non-hydrogen) atoms. The van der Waals surface area contributed by atoms with Crippen molar-refractivity contribution < 1.29 is 19.2 Å². The van der Waals surface area contributed by atoms with Crippen LogP contribution in [0.2, 0.25) is 0 Å². The van der Waals surface area contributed by atoms with Crippen LogP contribution in [-0.4, -0.2) is 68.0 Å². The van der Waals surface area contributed by atoms with Gasteiger partial charge in [0.25, 0.3) is 0 Å². The average molecular weight is 375 g/mol. The van der Waals surface area contributed by atoms with Gasteiger partial charge in [-0.25, -0.2) is 0 Å². The van der Waals surface area contributed by atoms with Crippen LogP contribution in [-0.2, 0) is 19.2 Å². The zero-order valence-electron chi connectivity index (χ0n) is 14.8. The molecular formula is C15H29N5O4S. The summed E-state index contributed by atoms with van der Waals surface area (Å²) >= 11 is 4.05. The molecule has 0 bridgehead atoms. The molecule has 3 amide bonds. The number of thiol groups is 1. The Bertz CT molecular complexity index is 461. The highest BCUT2D eigenvalue weighted by Gasteiger charge is 2.19. The van der Waals surface area contributed by atoms with Crippen molar-refractivity contribution in [1.29, 1.82) is 0 Å². The SMILES string of the molecule is CNC(CCCCNC(=O)C(CS)NC(=O)CNC(=O)CN)C(C)=O. The standard InChI is InChI=1S/C15H29N5O4S/c1-10(21)11(17-2)5-3-4-6-18-15(24)12(9-25)20-14(23)8-19-13(22)7-16/h11-12,17,25H,3-9,16H2,1-2H3,(H,18,24)(H,19,22)(H,20,23). The number of likely N-dealkylation sites (N-methyl/N-ethyl adjacent to an activating group) is 1. The van der Waals surface area contributed by atoms with Crippen molar-refractivity contribution in [3.8, 4) is 0 Å². The third-order valence-corrected chi connectivity index (χ3v) is 3.89. The van der Waals surface area contributed by atoms with Crippen LogP contribution < -0.4 is 27.0 Å². The molecule has 6 N–H and O–H groups in total. The number of nitrogens with two attached hydrogens (primary N) is 1. The van der Waals surface area contributed by atoms with E-state index < -0.39 is 17.9 Å². The van der Waals surface area contributed by atoms with Crippen molar-refractivity contribution >= 4 is 36.1 Å². The molecule has 2 unspecified atom stereocenters. The van der Waals surface area contributed by atoms with Crippen LogP contribution in [0, 0.1) is 0 Å². The number of unbranched alkanes of at least 4 members (excludes halogenated alkanes) is 1. The smallest absolute Gasteiger partial charge is 0.243 e. The number of nitrogens with one attached hydrogen (secondary N) is 4. The Morgan fingerprint density at radius 1 is 1.04 bits per heavy atom. The van der Waals surface area contributed by atoms with Gasteiger partial charge in [-0.15, -0.1) is 0 Å². The minimum atomic E-state index is -0.784. The summed E-state index contributed by atoms with van der Waals surface area (Å²) in [5, 5.41) is 10.5. The quantitative estimate of drug-likeness (QED) is 0.161. The molecule has 0 aliphatic rings. The topological polar surface area (TPSA) is 142 Å². The van der Waals surface area contributed by atoms with Crippen LogP contribution in [0.1, 0.15) is 26.2 Å². The van der Waals surface area contributed by atoms with E-state index in [0.717, 1.165) is 12.8 Å². The normalized spacial score (nSPS) is 12.8. The first-order valence-corrected chi connectivity index (χ1v) is 8.81. The lowest BCUT2D eigenvalue weighted by atomic mass is 10.1. The summed E-state index contributed by atoms with van der Waals surface area (Å²) < 4.78 is 0. The Morgan fingerprint density at radius 3 is 2.24 bits per heavy atom. The monoisotopic (exact) mass is 375 g/mol. The van der Waals surface area contributed by atoms with E-state index in [4.69, 9.17) is 5.73 Å². The molecule has 0 aromatic rings. The Kier molecular flexibility index (Phi) is 12.7. The molecule has 0 saturated heterocycles. The highest BCUT2D eigenvalue weighted by atomic mass is 32.1. The zero-order valence-corrected chi connectivity index (χ0v) is 15.7. The molecule has 0 aromatic heterocycles. The molecule has 0 rings (SSSR count). The van der Waals surface area contributed by atoms with Crippen LogP contribution in [0.3, 0.4) is 0 Å². The number of hydrogen-bond donors (Lipinski definition) is 6. The Balaban J connectivity index is 4.06. The second-order valence-corrected chi connectivity index (χ2v) is 5.89. The van der Waals surface area contributed by atoms with Crippen LogP contribution in [0.15, 0.2) is 0 Å². The minimum absolute atomic E-state index is 0.0890. The molecule has 0 spiro atoms. The molecule has 10 heteroatoms. The number of amides is 3. The first-order chi connectivity index (χ1) is 11.8. The Morgan fingerprint density at radius 2 is 1.72 bits per heavy atom. The maximum absolute atomic E-state index is 12.0. The second-order valence-electron chi connectivity index (χ2n) is 5.52. The van der Waals surface area contributed by atoms with Gasteiger partial charge in [0.2, 0.25) is 17.7 Å². The first-order valence-electron chi connectivity index (χ1n) is 8.18. The third-order valence-electron chi connectivity index (χ3n) is 3.52. The van der Waals surface area contributed by atoms with Crippen molar-refractivity contribution in [1.82, 2.24) is 21.3 Å². The first kappa shape index (κ1) is 23.4. The molecule has 0 aliphatic heterocycles. The number of carbonyl (C=O) groups is 4. The van der Waals surface area contributed by atoms with E-state index >= 15 is 0 Å². The average Bonchev–Trinajstić information content (AvgIpc) is 2.59. The molecule has 0 saturated carbocycles. The van der Waals surface area contributed by atoms with Gasteiger partial charge < -0.3 is 27.0 Å². The van der Waals surface area contributed by atoms with E-state index in [1.807, 2.05) is 0 Å². The van der Waals surface area contributed by atoms with E-state index in [0.29, 0.717) is 13.0 Å². The van der Waals surface area contributed by atoms with Crippen molar-refractivity contribution in [3.05, 3.63) is 0 Å². The largest absolute Gasteiger partial charge is 0.354 e. The van der Waals surface area contributed by atoms with Gasteiger partial charge in [-0.3, -0.25) is 19.2 Å². The Labute approximate surface area is 153 Å². The van der Waals surface area contributed by atoms with Crippen LogP contribution >= 0.6 is 12.6 Å². The van der Waals surface area contributed by atoms with Gasteiger partial charge in [-0.2, -0.15) is 12.6 Å². The molecule has 2 atom stereocenters. The lowest BCUT2D eigenvalue weighted by Crippen LogP contribution is -2.51.